The molecule has 202 valence electrons. The number of hydrogen-bond acceptors (Lipinski definition) is 3. The summed E-state index contributed by atoms with van der Waals surface area (Å²) in [6.07, 6.45) is 23.2. The highest BCUT2D eigenvalue weighted by Crippen LogP contribution is 2.35. The van der Waals surface area contributed by atoms with E-state index in [4.69, 9.17) is 4.74 Å². The van der Waals surface area contributed by atoms with Gasteiger partial charge in [0.05, 0.1) is 6.61 Å². The van der Waals surface area contributed by atoms with Gasteiger partial charge in [-0.3, -0.25) is 4.79 Å². The van der Waals surface area contributed by atoms with Crippen molar-refractivity contribution in [3.63, 3.8) is 0 Å². The number of unbranched alkanes of at least 4 members (excludes halogenated alkanes) is 14. The summed E-state index contributed by atoms with van der Waals surface area (Å²) in [4.78, 5) is 12.1. The maximum atomic E-state index is 12.1. The Morgan fingerprint density at radius 1 is 0.771 bits per heavy atom. The van der Waals surface area contributed by atoms with Crippen LogP contribution < -0.4 is 0 Å². The zero-order chi connectivity index (χ0) is 25.8. The van der Waals surface area contributed by atoms with Crippen LogP contribution in [0.15, 0.2) is 18.2 Å². The number of phenols is 1. The number of benzene rings is 1. The van der Waals surface area contributed by atoms with Crippen molar-refractivity contribution in [3.05, 3.63) is 29.3 Å². The molecule has 1 aromatic carbocycles. The molecular formula is C32H56O3. The van der Waals surface area contributed by atoms with E-state index in [2.05, 4.69) is 33.8 Å². The molecule has 35 heavy (non-hydrogen) atoms. The highest BCUT2D eigenvalue weighted by Gasteiger charge is 2.23. The van der Waals surface area contributed by atoms with E-state index in [0.29, 0.717) is 25.2 Å². The van der Waals surface area contributed by atoms with E-state index in [9.17, 15) is 9.90 Å². The molecule has 0 fully saturated rings. The first-order chi connectivity index (χ1) is 16.9. The van der Waals surface area contributed by atoms with Crippen molar-refractivity contribution in [2.24, 2.45) is 0 Å². The third-order valence-electron chi connectivity index (χ3n) is 7.29. The van der Waals surface area contributed by atoms with Gasteiger partial charge in [-0.25, -0.2) is 0 Å². The average Bonchev–Trinajstić information content (AvgIpc) is 2.83. The van der Waals surface area contributed by atoms with Gasteiger partial charge in [-0.2, -0.15) is 0 Å². The fourth-order valence-electron chi connectivity index (χ4n) is 5.02. The van der Waals surface area contributed by atoms with Crippen LogP contribution in [0.5, 0.6) is 5.75 Å². The standard InChI is InChI=1S/C32H56O3/c1-5-7-8-9-10-11-12-13-14-15-16-17-18-19-20-26-35-31(34)24-22-28-21-23-30(33)29(27-28)32(3,4)25-6-2/h21,23,27,33H,5-20,22,24-26H2,1-4H3. The van der Waals surface area contributed by atoms with E-state index in [1.54, 1.807) is 6.07 Å². The van der Waals surface area contributed by atoms with Crippen molar-refractivity contribution in [1.82, 2.24) is 0 Å². The van der Waals surface area contributed by atoms with Crippen LogP contribution in [0, 0.1) is 0 Å². The Bertz CT molecular complexity index is 665. The molecule has 0 bridgehead atoms. The predicted octanol–water partition coefficient (Wildman–Crippen LogP) is 9.82. The Morgan fingerprint density at radius 2 is 1.29 bits per heavy atom. The number of hydrogen-bond donors (Lipinski definition) is 1. The summed E-state index contributed by atoms with van der Waals surface area (Å²) in [5, 5.41) is 10.3. The summed E-state index contributed by atoms with van der Waals surface area (Å²) < 4.78 is 5.45. The highest BCUT2D eigenvalue weighted by atomic mass is 16.5. The maximum Gasteiger partial charge on any atom is 0.306 e. The Morgan fingerprint density at radius 3 is 1.80 bits per heavy atom. The molecule has 0 aliphatic rings. The zero-order valence-corrected chi connectivity index (χ0v) is 23.6. The van der Waals surface area contributed by atoms with Crippen LogP contribution in [0.1, 0.15) is 154 Å². The molecule has 3 heteroatoms. The molecule has 0 aromatic heterocycles. The number of carbonyl (C=O) groups excluding carboxylic acids is 1. The lowest BCUT2D eigenvalue weighted by atomic mass is 9.79. The summed E-state index contributed by atoms with van der Waals surface area (Å²) in [6.45, 7) is 9.32. The van der Waals surface area contributed by atoms with Crippen molar-refractivity contribution in [3.8, 4) is 5.75 Å². The summed E-state index contributed by atoms with van der Waals surface area (Å²) >= 11 is 0. The number of rotatable bonds is 22. The molecule has 1 N–H and O–H groups in total. The van der Waals surface area contributed by atoms with E-state index < -0.39 is 0 Å². The second kappa shape index (κ2) is 19.7. The second-order valence-corrected chi connectivity index (χ2v) is 11.2. The van der Waals surface area contributed by atoms with Gasteiger partial charge in [0, 0.05) is 6.42 Å². The molecule has 0 saturated carbocycles. The summed E-state index contributed by atoms with van der Waals surface area (Å²) in [5.41, 5.74) is 2.00. The molecule has 1 rings (SSSR count). The van der Waals surface area contributed by atoms with Crippen LogP contribution in [0.25, 0.3) is 0 Å². The lowest BCUT2D eigenvalue weighted by molar-refractivity contribution is -0.143. The molecule has 3 nitrogen and oxygen atoms in total. The van der Waals surface area contributed by atoms with Crippen molar-refractivity contribution < 1.29 is 14.6 Å². The van der Waals surface area contributed by atoms with Crippen LogP contribution in [0.4, 0.5) is 0 Å². The Kier molecular flexibility index (Phi) is 17.7. The first-order valence-electron chi connectivity index (χ1n) is 14.9. The van der Waals surface area contributed by atoms with Crippen molar-refractivity contribution >= 4 is 5.97 Å². The van der Waals surface area contributed by atoms with Crippen molar-refractivity contribution in [2.45, 2.75) is 155 Å². The molecule has 0 amide bonds. The topological polar surface area (TPSA) is 46.5 Å². The van der Waals surface area contributed by atoms with Crippen LogP contribution in [-0.4, -0.2) is 17.7 Å². The maximum absolute atomic E-state index is 12.1. The van der Waals surface area contributed by atoms with E-state index in [-0.39, 0.29) is 11.4 Å². The fourth-order valence-corrected chi connectivity index (χ4v) is 5.02. The first kappa shape index (κ1) is 31.5. The summed E-state index contributed by atoms with van der Waals surface area (Å²) in [7, 11) is 0. The zero-order valence-electron chi connectivity index (χ0n) is 23.6. The number of carbonyl (C=O) groups is 1. The lowest BCUT2D eigenvalue weighted by Gasteiger charge is -2.26. The molecule has 0 heterocycles. The minimum atomic E-state index is -0.113. The van der Waals surface area contributed by atoms with Gasteiger partial charge >= 0.3 is 5.97 Å². The van der Waals surface area contributed by atoms with Gasteiger partial charge in [0.1, 0.15) is 5.75 Å². The van der Waals surface area contributed by atoms with Gasteiger partial charge in [-0.15, -0.1) is 0 Å². The number of aryl methyl sites for hydroxylation is 1. The van der Waals surface area contributed by atoms with Gasteiger partial charge in [-0.1, -0.05) is 136 Å². The van der Waals surface area contributed by atoms with Crippen LogP contribution in [0.3, 0.4) is 0 Å². The quantitative estimate of drug-likeness (QED) is 0.130. The van der Waals surface area contributed by atoms with Gasteiger partial charge in [0.25, 0.3) is 0 Å². The third-order valence-corrected chi connectivity index (χ3v) is 7.29. The number of ether oxygens (including phenoxy) is 1. The van der Waals surface area contributed by atoms with Gasteiger partial charge in [-0.05, 0) is 41.9 Å². The minimum absolute atomic E-state index is 0.0666. The minimum Gasteiger partial charge on any atom is -0.508 e. The Labute approximate surface area is 217 Å². The van der Waals surface area contributed by atoms with E-state index in [0.717, 1.165) is 36.8 Å². The largest absolute Gasteiger partial charge is 0.508 e. The first-order valence-corrected chi connectivity index (χ1v) is 14.9. The molecule has 0 atom stereocenters. The third kappa shape index (κ3) is 15.3. The molecular weight excluding hydrogens is 432 g/mol. The van der Waals surface area contributed by atoms with E-state index in [1.807, 2.05) is 6.07 Å². The fraction of sp³-hybridized carbons (Fsp3) is 0.781. The summed E-state index contributed by atoms with van der Waals surface area (Å²) in [5.74, 6) is 0.237. The van der Waals surface area contributed by atoms with Crippen LogP contribution in [0.2, 0.25) is 0 Å². The SMILES string of the molecule is CCCCCCCCCCCCCCCCCOC(=O)CCc1ccc(O)c(C(C)(C)CCC)c1. The second-order valence-electron chi connectivity index (χ2n) is 11.2. The molecule has 0 aliphatic carbocycles. The number of aromatic hydroxyl groups is 1. The normalized spacial score (nSPS) is 11.7. The average molecular weight is 489 g/mol. The molecule has 0 saturated heterocycles. The molecule has 0 spiro atoms. The van der Waals surface area contributed by atoms with Crippen molar-refractivity contribution in [2.75, 3.05) is 6.61 Å². The van der Waals surface area contributed by atoms with Crippen LogP contribution >= 0.6 is 0 Å². The van der Waals surface area contributed by atoms with E-state index >= 15 is 0 Å². The predicted molar refractivity (Wildman–Crippen MR) is 150 cm³/mol. The molecule has 0 radical (unpaired) electrons. The van der Waals surface area contributed by atoms with Gasteiger partial charge in [0.2, 0.25) is 0 Å². The van der Waals surface area contributed by atoms with Crippen LogP contribution in [-0.2, 0) is 21.4 Å². The molecule has 0 aliphatic heterocycles. The monoisotopic (exact) mass is 488 g/mol. The van der Waals surface area contributed by atoms with Gasteiger partial charge < -0.3 is 9.84 Å². The Hall–Kier alpha value is -1.51. The van der Waals surface area contributed by atoms with E-state index in [1.165, 1.54) is 83.5 Å². The van der Waals surface area contributed by atoms with Gasteiger partial charge in [0.15, 0.2) is 0 Å². The highest BCUT2D eigenvalue weighted by molar-refractivity contribution is 5.69. The molecule has 1 aromatic rings. The molecule has 0 unspecified atom stereocenters. The Balaban J connectivity index is 2.02. The smallest absolute Gasteiger partial charge is 0.306 e. The number of phenolic OH excluding ortho intramolecular Hbond substituents is 1. The van der Waals surface area contributed by atoms with Crippen molar-refractivity contribution in [1.29, 1.82) is 0 Å². The lowest BCUT2D eigenvalue weighted by Crippen LogP contribution is -2.17. The number of esters is 1. The summed E-state index contributed by atoms with van der Waals surface area (Å²) in [6, 6.07) is 5.75.